The first-order valence-electron chi connectivity index (χ1n) is 9.21. The number of carbonyl (C=O) groups excluding carboxylic acids is 3. The molecule has 7 nitrogen and oxygen atoms in total. The van der Waals surface area contributed by atoms with Crippen LogP contribution in [0.4, 0.5) is 9.18 Å². The molecule has 0 radical (unpaired) electrons. The summed E-state index contributed by atoms with van der Waals surface area (Å²) < 4.78 is 18.3. The Kier molecular flexibility index (Phi) is 4.59. The van der Waals surface area contributed by atoms with Gasteiger partial charge < -0.3 is 15.0 Å². The summed E-state index contributed by atoms with van der Waals surface area (Å²) in [5, 5.41) is 2.83. The third-order valence-electron chi connectivity index (χ3n) is 5.61. The average Bonchev–Trinajstić information content (AvgIpc) is 3.10. The number of ether oxygens (including phenoxy) is 1. The molecule has 4 rings (SSSR count). The molecule has 27 heavy (non-hydrogen) atoms. The van der Waals surface area contributed by atoms with Crippen LogP contribution < -0.4 is 5.32 Å². The Morgan fingerprint density at radius 1 is 1.15 bits per heavy atom. The highest BCUT2D eigenvalue weighted by molar-refractivity contribution is 6.07. The zero-order chi connectivity index (χ0) is 19.0. The Hall–Kier alpha value is -2.48. The number of urea groups is 1. The van der Waals surface area contributed by atoms with Crippen molar-refractivity contribution in [3.05, 3.63) is 35.6 Å². The van der Waals surface area contributed by atoms with Crippen LogP contribution in [0.25, 0.3) is 0 Å². The number of halogens is 1. The number of nitrogens with one attached hydrogen (secondary N) is 1. The topological polar surface area (TPSA) is 79.0 Å². The normalized spacial score (nSPS) is 24.8. The summed E-state index contributed by atoms with van der Waals surface area (Å²) in [5.41, 5.74) is 0.00714. The Labute approximate surface area is 156 Å². The number of carbonyl (C=O) groups is 3. The molecule has 1 N–H and O–H groups in total. The Balaban J connectivity index is 1.38. The van der Waals surface area contributed by atoms with E-state index in [4.69, 9.17) is 4.74 Å². The summed E-state index contributed by atoms with van der Waals surface area (Å²) in [7, 11) is 0. The van der Waals surface area contributed by atoms with Gasteiger partial charge in [0.2, 0.25) is 5.91 Å². The lowest BCUT2D eigenvalue weighted by molar-refractivity contribution is -0.135. The van der Waals surface area contributed by atoms with Gasteiger partial charge in [-0.2, -0.15) is 0 Å². The fourth-order valence-electron chi connectivity index (χ4n) is 4.10. The summed E-state index contributed by atoms with van der Waals surface area (Å²) >= 11 is 0. The van der Waals surface area contributed by atoms with Crippen molar-refractivity contribution in [3.63, 3.8) is 0 Å². The van der Waals surface area contributed by atoms with Crippen molar-refractivity contribution in [2.24, 2.45) is 5.92 Å². The number of hydrogen-bond acceptors (Lipinski definition) is 4. The van der Waals surface area contributed by atoms with E-state index in [0.29, 0.717) is 45.6 Å². The van der Waals surface area contributed by atoms with Crippen molar-refractivity contribution in [1.29, 1.82) is 0 Å². The lowest BCUT2D eigenvalue weighted by Crippen LogP contribution is -2.51. The molecule has 0 bridgehead atoms. The fourth-order valence-corrected chi connectivity index (χ4v) is 4.10. The molecule has 3 fully saturated rings. The number of rotatable bonds is 4. The van der Waals surface area contributed by atoms with Gasteiger partial charge in [-0.1, -0.05) is 12.1 Å². The van der Waals surface area contributed by atoms with E-state index >= 15 is 0 Å². The summed E-state index contributed by atoms with van der Waals surface area (Å²) in [6.07, 6.45) is 1.26. The molecule has 0 saturated carbocycles. The predicted octanol–water partition coefficient (Wildman–Crippen LogP) is 1.28. The molecule has 3 heterocycles. The Morgan fingerprint density at radius 3 is 2.56 bits per heavy atom. The van der Waals surface area contributed by atoms with Crippen LogP contribution in [-0.2, 0) is 20.9 Å². The number of nitrogens with zero attached hydrogens (tertiary/aromatic N) is 2. The van der Waals surface area contributed by atoms with Crippen molar-refractivity contribution in [1.82, 2.24) is 15.1 Å². The first-order valence-corrected chi connectivity index (χ1v) is 9.21. The SMILES string of the molecule is O=C1CC(CN2C(=O)NC3(CCOCC3)C2=O)CN1Cc1ccc(F)cc1. The number of amides is 4. The highest BCUT2D eigenvalue weighted by Crippen LogP contribution is 2.30. The smallest absolute Gasteiger partial charge is 0.325 e. The molecule has 1 aromatic rings. The van der Waals surface area contributed by atoms with Gasteiger partial charge in [-0.05, 0) is 17.7 Å². The van der Waals surface area contributed by atoms with Gasteiger partial charge >= 0.3 is 6.03 Å². The lowest BCUT2D eigenvalue weighted by atomic mass is 9.90. The second kappa shape index (κ2) is 6.92. The summed E-state index contributed by atoms with van der Waals surface area (Å²) in [6, 6.07) is 5.67. The Bertz CT molecular complexity index is 761. The quantitative estimate of drug-likeness (QED) is 0.804. The largest absolute Gasteiger partial charge is 0.381 e. The first kappa shape index (κ1) is 17.9. The summed E-state index contributed by atoms with van der Waals surface area (Å²) in [5.74, 6) is -0.634. The minimum absolute atomic E-state index is 0.0165. The van der Waals surface area contributed by atoms with Crippen LogP contribution in [-0.4, -0.2) is 59.5 Å². The van der Waals surface area contributed by atoms with Crippen LogP contribution in [0.2, 0.25) is 0 Å². The zero-order valence-electron chi connectivity index (χ0n) is 14.9. The molecule has 8 heteroatoms. The van der Waals surface area contributed by atoms with Crippen LogP contribution in [0, 0.1) is 11.7 Å². The number of likely N-dealkylation sites (tertiary alicyclic amines) is 1. The summed E-state index contributed by atoms with van der Waals surface area (Å²) in [4.78, 5) is 40.4. The van der Waals surface area contributed by atoms with Crippen LogP contribution in [0.5, 0.6) is 0 Å². The van der Waals surface area contributed by atoms with E-state index in [2.05, 4.69) is 5.32 Å². The molecule has 3 aliphatic heterocycles. The summed E-state index contributed by atoms with van der Waals surface area (Å²) in [6.45, 7) is 2.01. The monoisotopic (exact) mass is 375 g/mol. The number of hydrogen-bond donors (Lipinski definition) is 1. The lowest BCUT2D eigenvalue weighted by Gasteiger charge is -2.30. The molecule has 0 aliphatic carbocycles. The van der Waals surface area contributed by atoms with Gasteiger partial charge in [0.1, 0.15) is 11.4 Å². The van der Waals surface area contributed by atoms with E-state index in [0.717, 1.165) is 5.56 Å². The van der Waals surface area contributed by atoms with Crippen LogP contribution in [0.3, 0.4) is 0 Å². The van der Waals surface area contributed by atoms with E-state index in [1.807, 2.05) is 0 Å². The zero-order valence-corrected chi connectivity index (χ0v) is 14.9. The van der Waals surface area contributed by atoms with Gasteiger partial charge in [-0.15, -0.1) is 0 Å². The van der Waals surface area contributed by atoms with Crippen molar-refractivity contribution in [3.8, 4) is 0 Å². The van der Waals surface area contributed by atoms with E-state index in [1.54, 1.807) is 17.0 Å². The van der Waals surface area contributed by atoms with Crippen molar-refractivity contribution in [2.45, 2.75) is 31.3 Å². The van der Waals surface area contributed by atoms with Gasteiger partial charge in [-0.25, -0.2) is 9.18 Å². The van der Waals surface area contributed by atoms with Crippen molar-refractivity contribution < 1.29 is 23.5 Å². The molecular weight excluding hydrogens is 353 g/mol. The molecule has 3 aliphatic rings. The fraction of sp³-hybridized carbons (Fsp3) is 0.526. The standard InChI is InChI=1S/C19H22FN3O4/c20-15-3-1-13(2-4-15)10-22-11-14(9-16(22)24)12-23-17(25)19(21-18(23)26)5-7-27-8-6-19/h1-4,14H,5-12H2,(H,21,26). The van der Waals surface area contributed by atoms with E-state index < -0.39 is 5.54 Å². The maximum Gasteiger partial charge on any atom is 0.325 e. The molecule has 0 aromatic heterocycles. The molecule has 1 unspecified atom stereocenters. The van der Waals surface area contributed by atoms with Gasteiger partial charge in [0.25, 0.3) is 5.91 Å². The molecule has 144 valence electrons. The van der Waals surface area contributed by atoms with E-state index in [1.165, 1.54) is 17.0 Å². The number of benzene rings is 1. The third kappa shape index (κ3) is 3.41. The van der Waals surface area contributed by atoms with Gasteiger partial charge in [-0.3, -0.25) is 14.5 Å². The second-order valence-electron chi connectivity index (χ2n) is 7.51. The van der Waals surface area contributed by atoms with E-state index in [9.17, 15) is 18.8 Å². The molecular formula is C19H22FN3O4. The second-order valence-corrected chi connectivity index (χ2v) is 7.51. The first-order chi connectivity index (χ1) is 13.0. The van der Waals surface area contributed by atoms with Gasteiger partial charge in [0, 0.05) is 58.0 Å². The van der Waals surface area contributed by atoms with E-state index in [-0.39, 0.29) is 36.1 Å². The average molecular weight is 375 g/mol. The highest BCUT2D eigenvalue weighted by Gasteiger charge is 2.52. The molecule has 3 saturated heterocycles. The molecule has 4 amide bonds. The number of imide groups is 1. The maximum atomic E-state index is 13.0. The molecule has 1 atom stereocenters. The molecule has 1 spiro atoms. The van der Waals surface area contributed by atoms with Crippen molar-refractivity contribution in [2.75, 3.05) is 26.3 Å². The van der Waals surface area contributed by atoms with Crippen LogP contribution >= 0.6 is 0 Å². The Morgan fingerprint density at radius 2 is 1.85 bits per heavy atom. The minimum atomic E-state index is -0.842. The third-order valence-corrected chi connectivity index (χ3v) is 5.61. The van der Waals surface area contributed by atoms with Gasteiger partial charge in [0.05, 0.1) is 0 Å². The van der Waals surface area contributed by atoms with Crippen LogP contribution in [0.1, 0.15) is 24.8 Å². The van der Waals surface area contributed by atoms with Crippen molar-refractivity contribution >= 4 is 17.8 Å². The highest BCUT2D eigenvalue weighted by atomic mass is 19.1. The van der Waals surface area contributed by atoms with Gasteiger partial charge in [0.15, 0.2) is 0 Å². The minimum Gasteiger partial charge on any atom is -0.381 e. The molecule has 1 aromatic carbocycles. The van der Waals surface area contributed by atoms with Crippen LogP contribution in [0.15, 0.2) is 24.3 Å². The maximum absolute atomic E-state index is 13.0. The predicted molar refractivity (Wildman–Crippen MR) is 93.0 cm³/mol.